The summed E-state index contributed by atoms with van der Waals surface area (Å²) >= 11 is 11.8. The molecule has 0 spiro atoms. The lowest BCUT2D eigenvalue weighted by molar-refractivity contribution is 0.102. The van der Waals surface area contributed by atoms with Crippen LogP contribution < -0.4 is 10.9 Å². The molecule has 128 valence electrons. The van der Waals surface area contributed by atoms with Gasteiger partial charge in [0.1, 0.15) is 11.1 Å². The highest BCUT2D eigenvalue weighted by atomic mass is 35.5. The molecule has 0 aliphatic rings. The van der Waals surface area contributed by atoms with Crippen molar-refractivity contribution in [3.05, 3.63) is 86.7 Å². The van der Waals surface area contributed by atoms with Gasteiger partial charge in [0.2, 0.25) is 0 Å². The van der Waals surface area contributed by atoms with Gasteiger partial charge in [-0.3, -0.25) is 4.79 Å². The Labute approximate surface area is 158 Å². The van der Waals surface area contributed by atoms with E-state index in [0.29, 0.717) is 26.7 Å². The topological polar surface area (TPSA) is 59.3 Å². The zero-order valence-electron chi connectivity index (χ0n) is 13.3. The number of carbonyl (C=O) groups excluding carboxylic acids is 1. The third-order valence-corrected chi connectivity index (χ3v) is 4.80. The van der Waals surface area contributed by atoms with Crippen molar-refractivity contribution in [1.82, 2.24) is 0 Å². The van der Waals surface area contributed by atoms with Gasteiger partial charge in [0.15, 0.2) is 0 Å². The molecule has 0 bridgehead atoms. The fraction of sp³-hybridized carbons (Fsp3) is 0. The summed E-state index contributed by atoms with van der Waals surface area (Å²) in [5, 5.41) is 5.91. The van der Waals surface area contributed by atoms with Crippen molar-refractivity contribution >= 4 is 56.5 Å². The van der Waals surface area contributed by atoms with Gasteiger partial charge < -0.3 is 9.73 Å². The third-order valence-electron chi connectivity index (χ3n) is 4.06. The smallest absolute Gasteiger partial charge is 0.349 e. The van der Waals surface area contributed by atoms with Gasteiger partial charge in [-0.1, -0.05) is 53.5 Å². The van der Waals surface area contributed by atoms with E-state index < -0.39 is 11.5 Å². The normalized spacial score (nSPS) is 11.0. The minimum Gasteiger partial charge on any atom is -0.422 e. The molecule has 0 aliphatic carbocycles. The summed E-state index contributed by atoms with van der Waals surface area (Å²) in [6, 6.07) is 17.5. The molecule has 1 aromatic heterocycles. The lowest BCUT2D eigenvalue weighted by Gasteiger charge is -2.07. The lowest BCUT2D eigenvalue weighted by atomic mass is 10.0. The Morgan fingerprint density at radius 3 is 2.50 bits per heavy atom. The Morgan fingerprint density at radius 2 is 1.69 bits per heavy atom. The minimum atomic E-state index is -0.703. The van der Waals surface area contributed by atoms with Crippen LogP contribution in [0.5, 0.6) is 0 Å². The van der Waals surface area contributed by atoms with Gasteiger partial charge in [-0.25, -0.2) is 4.79 Å². The summed E-state index contributed by atoms with van der Waals surface area (Å²) in [7, 11) is 0. The first-order valence-corrected chi connectivity index (χ1v) is 8.50. The van der Waals surface area contributed by atoms with Gasteiger partial charge in [0.05, 0.1) is 10.0 Å². The summed E-state index contributed by atoms with van der Waals surface area (Å²) in [5.41, 5.74) is 0.0758. The molecule has 3 aromatic carbocycles. The first kappa shape index (κ1) is 16.6. The van der Waals surface area contributed by atoms with E-state index in [4.69, 9.17) is 27.6 Å². The molecule has 4 rings (SSSR count). The Bertz CT molecular complexity index is 1230. The standard InChI is InChI=1S/C20H11Cl2NO3/c21-16-7-6-12(9-17(16)22)23-19(24)15-10-14-13-4-2-1-3-11(13)5-8-18(14)26-20(15)25/h1-10H,(H,23,24). The average Bonchev–Trinajstić information content (AvgIpc) is 2.64. The van der Waals surface area contributed by atoms with Crippen LogP contribution in [0.3, 0.4) is 0 Å². The SMILES string of the molecule is O=C(Nc1ccc(Cl)c(Cl)c1)c1cc2c(ccc3ccccc32)oc1=O. The second-order valence-electron chi connectivity index (χ2n) is 5.73. The Hall–Kier alpha value is -2.82. The van der Waals surface area contributed by atoms with E-state index in [-0.39, 0.29) is 5.56 Å². The van der Waals surface area contributed by atoms with E-state index in [9.17, 15) is 9.59 Å². The number of benzene rings is 3. The maximum absolute atomic E-state index is 12.6. The molecule has 6 heteroatoms. The summed E-state index contributed by atoms with van der Waals surface area (Å²) in [5.74, 6) is -0.577. The first-order valence-electron chi connectivity index (χ1n) is 7.75. The number of halogens is 2. The van der Waals surface area contributed by atoms with Crippen LogP contribution in [0, 0.1) is 0 Å². The maximum Gasteiger partial charge on any atom is 0.349 e. The van der Waals surface area contributed by atoms with Crippen LogP contribution in [0.1, 0.15) is 10.4 Å². The van der Waals surface area contributed by atoms with Crippen molar-refractivity contribution in [1.29, 1.82) is 0 Å². The third kappa shape index (κ3) is 2.94. The highest BCUT2D eigenvalue weighted by Gasteiger charge is 2.15. The number of nitrogens with one attached hydrogen (secondary N) is 1. The number of anilines is 1. The summed E-state index contributed by atoms with van der Waals surface area (Å²) in [6.45, 7) is 0. The van der Waals surface area contributed by atoms with Crippen molar-refractivity contribution in [3.8, 4) is 0 Å². The highest BCUT2D eigenvalue weighted by molar-refractivity contribution is 6.42. The van der Waals surface area contributed by atoms with E-state index in [1.54, 1.807) is 24.3 Å². The molecule has 4 nitrogen and oxygen atoms in total. The van der Waals surface area contributed by atoms with E-state index >= 15 is 0 Å². The summed E-state index contributed by atoms with van der Waals surface area (Å²) < 4.78 is 5.34. The molecule has 1 heterocycles. The molecule has 1 N–H and O–H groups in total. The monoisotopic (exact) mass is 383 g/mol. The first-order chi connectivity index (χ1) is 12.5. The van der Waals surface area contributed by atoms with Gasteiger partial charge in [-0.15, -0.1) is 0 Å². The molecule has 0 atom stereocenters. The Kier molecular flexibility index (Phi) is 4.15. The molecule has 0 fully saturated rings. The zero-order valence-corrected chi connectivity index (χ0v) is 14.8. The molecule has 0 unspecified atom stereocenters. The quantitative estimate of drug-likeness (QED) is 0.367. The molecular weight excluding hydrogens is 373 g/mol. The lowest BCUT2D eigenvalue weighted by Crippen LogP contribution is -2.20. The average molecular weight is 384 g/mol. The van der Waals surface area contributed by atoms with Crippen molar-refractivity contribution in [2.45, 2.75) is 0 Å². The van der Waals surface area contributed by atoms with Crippen molar-refractivity contribution in [2.75, 3.05) is 5.32 Å². The van der Waals surface area contributed by atoms with Gasteiger partial charge in [0.25, 0.3) is 5.91 Å². The zero-order chi connectivity index (χ0) is 18.3. The van der Waals surface area contributed by atoms with E-state index in [2.05, 4.69) is 5.32 Å². The van der Waals surface area contributed by atoms with Crippen LogP contribution in [-0.4, -0.2) is 5.91 Å². The van der Waals surface area contributed by atoms with E-state index in [0.717, 1.165) is 10.8 Å². The molecular formula is C20H11Cl2NO3. The highest BCUT2D eigenvalue weighted by Crippen LogP contribution is 2.27. The van der Waals surface area contributed by atoms with Crippen LogP contribution in [0.15, 0.2) is 69.9 Å². The maximum atomic E-state index is 12.6. The summed E-state index contributed by atoms with van der Waals surface area (Å²) in [6.07, 6.45) is 0. The van der Waals surface area contributed by atoms with Crippen LogP contribution in [-0.2, 0) is 0 Å². The Balaban J connectivity index is 1.81. The molecule has 0 saturated heterocycles. The number of rotatable bonds is 2. The van der Waals surface area contributed by atoms with Crippen LogP contribution in [0.25, 0.3) is 21.7 Å². The van der Waals surface area contributed by atoms with Gasteiger partial charge in [0, 0.05) is 11.1 Å². The molecule has 0 saturated carbocycles. The predicted molar refractivity (Wildman–Crippen MR) is 104 cm³/mol. The van der Waals surface area contributed by atoms with Crippen molar-refractivity contribution < 1.29 is 9.21 Å². The molecule has 4 aromatic rings. The fourth-order valence-electron chi connectivity index (χ4n) is 2.80. The van der Waals surface area contributed by atoms with E-state index in [1.165, 1.54) is 6.07 Å². The second kappa shape index (κ2) is 6.48. The molecule has 1 amide bonds. The number of amides is 1. The summed E-state index contributed by atoms with van der Waals surface area (Å²) in [4.78, 5) is 24.8. The number of carbonyl (C=O) groups is 1. The number of hydrogen-bond donors (Lipinski definition) is 1. The fourth-order valence-corrected chi connectivity index (χ4v) is 3.10. The van der Waals surface area contributed by atoms with Crippen molar-refractivity contribution in [2.24, 2.45) is 0 Å². The number of hydrogen-bond acceptors (Lipinski definition) is 3. The largest absolute Gasteiger partial charge is 0.422 e. The number of fused-ring (bicyclic) bond motifs is 3. The second-order valence-corrected chi connectivity index (χ2v) is 6.54. The van der Waals surface area contributed by atoms with Crippen molar-refractivity contribution in [3.63, 3.8) is 0 Å². The molecule has 26 heavy (non-hydrogen) atoms. The van der Waals surface area contributed by atoms with Crippen LogP contribution >= 0.6 is 23.2 Å². The minimum absolute atomic E-state index is 0.0834. The molecule has 0 aliphatic heterocycles. The van der Waals surface area contributed by atoms with Gasteiger partial charge in [-0.2, -0.15) is 0 Å². The van der Waals surface area contributed by atoms with Gasteiger partial charge in [-0.05, 0) is 41.1 Å². The Morgan fingerprint density at radius 1 is 0.885 bits per heavy atom. The van der Waals surface area contributed by atoms with Crippen LogP contribution in [0.2, 0.25) is 10.0 Å². The predicted octanol–water partition coefficient (Wildman–Crippen LogP) is 5.51. The molecule has 0 radical (unpaired) electrons. The van der Waals surface area contributed by atoms with Crippen LogP contribution in [0.4, 0.5) is 5.69 Å². The van der Waals surface area contributed by atoms with E-state index in [1.807, 2.05) is 30.3 Å². The van der Waals surface area contributed by atoms with Gasteiger partial charge >= 0.3 is 5.63 Å².